The predicted molar refractivity (Wildman–Crippen MR) is 89.3 cm³/mol. The average Bonchev–Trinajstić information content (AvgIpc) is 2.97. The summed E-state index contributed by atoms with van der Waals surface area (Å²) in [5.41, 5.74) is 6.93. The number of nitrogens with two attached hydrogens (primary N) is 1. The van der Waals surface area contributed by atoms with Crippen LogP contribution in [0.5, 0.6) is 0 Å². The molecule has 0 saturated heterocycles. The van der Waals surface area contributed by atoms with Crippen LogP contribution >= 0.6 is 11.8 Å². The highest BCUT2D eigenvalue weighted by molar-refractivity contribution is 7.99. The molecule has 4 heteroatoms. The van der Waals surface area contributed by atoms with Crippen molar-refractivity contribution in [1.82, 2.24) is 5.32 Å². The summed E-state index contributed by atoms with van der Waals surface area (Å²) < 4.78 is 0. The summed E-state index contributed by atoms with van der Waals surface area (Å²) in [7, 11) is 0. The molecule has 0 radical (unpaired) electrons. The first-order valence-electron chi connectivity index (χ1n) is 7.89. The molecule has 1 saturated carbocycles. The molecular weight excluding hydrogens is 280 g/mol. The normalized spacial score (nSPS) is 23.0. The number of hydrogen-bond donors (Lipinski definition) is 2. The van der Waals surface area contributed by atoms with Crippen molar-refractivity contribution < 1.29 is 4.79 Å². The maximum absolute atomic E-state index is 12.4. The molecule has 1 unspecified atom stereocenters. The lowest BCUT2D eigenvalue weighted by Crippen LogP contribution is -2.36. The molecule has 1 amide bonds. The molecule has 3 N–H and O–H groups in total. The van der Waals surface area contributed by atoms with Gasteiger partial charge in [-0.1, -0.05) is 25.5 Å². The second-order valence-electron chi connectivity index (χ2n) is 5.77. The molecular formula is C17H26N2OS. The molecule has 2 rings (SSSR count). The Bertz CT molecular complexity index is 460. The van der Waals surface area contributed by atoms with Gasteiger partial charge in [0, 0.05) is 10.8 Å². The Labute approximate surface area is 132 Å². The third kappa shape index (κ3) is 4.24. The molecule has 0 bridgehead atoms. The fourth-order valence-corrected chi connectivity index (χ4v) is 3.75. The lowest BCUT2D eigenvalue weighted by Gasteiger charge is -2.21. The van der Waals surface area contributed by atoms with E-state index in [9.17, 15) is 4.79 Å². The summed E-state index contributed by atoms with van der Waals surface area (Å²) in [6.07, 6.45) is 3.19. The molecule has 1 aliphatic rings. The lowest BCUT2D eigenvalue weighted by molar-refractivity contribution is -0.126. The number of carbonyl (C=O) groups excluding carboxylic acids is 1. The fourth-order valence-electron chi connectivity index (χ4n) is 3.09. The smallest absolute Gasteiger partial charge is 0.223 e. The molecule has 0 aliphatic heterocycles. The van der Waals surface area contributed by atoms with Crippen LogP contribution in [0.15, 0.2) is 29.2 Å². The van der Waals surface area contributed by atoms with E-state index >= 15 is 0 Å². The molecule has 3 atom stereocenters. The molecule has 0 aromatic heterocycles. The van der Waals surface area contributed by atoms with E-state index in [1.54, 1.807) is 0 Å². The minimum atomic E-state index is 0.0530. The van der Waals surface area contributed by atoms with Crippen LogP contribution < -0.4 is 11.1 Å². The predicted octanol–water partition coefficient (Wildman–Crippen LogP) is 3.35. The molecule has 0 spiro atoms. The van der Waals surface area contributed by atoms with E-state index in [0.29, 0.717) is 12.5 Å². The van der Waals surface area contributed by atoms with Gasteiger partial charge in [-0.25, -0.2) is 0 Å². The highest BCUT2D eigenvalue weighted by Crippen LogP contribution is 2.31. The molecule has 21 heavy (non-hydrogen) atoms. The van der Waals surface area contributed by atoms with Crippen LogP contribution in [-0.4, -0.2) is 18.2 Å². The monoisotopic (exact) mass is 306 g/mol. The number of rotatable bonds is 6. The van der Waals surface area contributed by atoms with Crippen molar-refractivity contribution in [3.63, 3.8) is 0 Å². The van der Waals surface area contributed by atoms with Crippen molar-refractivity contribution in [2.75, 3.05) is 12.3 Å². The minimum absolute atomic E-state index is 0.0530. The van der Waals surface area contributed by atoms with Gasteiger partial charge in [0.1, 0.15) is 0 Å². The molecule has 1 fully saturated rings. The number of amides is 1. The second kappa shape index (κ2) is 7.85. The largest absolute Gasteiger partial charge is 0.349 e. The Balaban J connectivity index is 1.94. The Morgan fingerprint density at radius 2 is 2.10 bits per heavy atom. The Kier molecular flexibility index (Phi) is 6.12. The van der Waals surface area contributed by atoms with Crippen molar-refractivity contribution in [3.05, 3.63) is 29.8 Å². The summed E-state index contributed by atoms with van der Waals surface area (Å²) in [4.78, 5) is 13.7. The van der Waals surface area contributed by atoms with Gasteiger partial charge in [0.2, 0.25) is 5.91 Å². The zero-order valence-electron chi connectivity index (χ0n) is 13.0. The maximum Gasteiger partial charge on any atom is 0.223 e. The van der Waals surface area contributed by atoms with E-state index in [0.717, 1.165) is 30.6 Å². The van der Waals surface area contributed by atoms with E-state index in [2.05, 4.69) is 36.5 Å². The van der Waals surface area contributed by atoms with Gasteiger partial charge in [-0.2, -0.15) is 0 Å². The van der Waals surface area contributed by atoms with Gasteiger partial charge in [-0.15, -0.1) is 11.8 Å². The summed E-state index contributed by atoms with van der Waals surface area (Å²) in [6, 6.07) is 8.53. The molecule has 1 aromatic carbocycles. The number of benzene rings is 1. The van der Waals surface area contributed by atoms with Gasteiger partial charge < -0.3 is 11.1 Å². The summed E-state index contributed by atoms with van der Waals surface area (Å²) in [5.74, 6) is 1.71. The van der Waals surface area contributed by atoms with Crippen LogP contribution in [0.25, 0.3) is 0 Å². The average molecular weight is 306 g/mol. The Hall–Kier alpha value is -1.00. The van der Waals surface area contributed by atoms with Crippen molar-refractivity contribution in [3.8, 4) is 0 Å². The van der Waals surface area contributed by atoms with Crippen molar-refractivity contribution >= 4 is 17.7 Å². The van der Waals surface area contributed by atoms with E-state index in [4.69, 9.17) is 5.73 Å². The standard InChI is InChI=1S/C17H26N2OS/c1-3-21-15-9-7-13(8-10-15)12(2)19-17(20)16-6-4-5-14(16)11-18/h7-10,12,14,16H,3-6,11,18H2,1-2H3,(H,19,20)/t12?,14-,16-/m1/s1. The van der Waals surface area contributed by atoms with Gasteiger partial charge in [0.25, 0.3) is 0 Å². The number of thioether (sulfide) groups is 1. The lowest BCUT2D eigenvalue weighted by atomic mass is 9.95. The van der Waals surface area contributed by atoms with Crippen LogP contribution in [0.1, 0.15) is 44.7 Å². The van der Waals surface area contributed by atoms with E-state index < -0.39 is 0 Å². The zero-order chi connectivity index (χ0) is 15.2. The third-order valence-corrected chi connectivity index (χ3v) is 5.24. The van der Waals surface area contributed by atoms with Gasteiger partial charge in [0.05, 0.1) is 6.04 Å². The summed E-state index contributed by atoms with van der Waals surface area (Å²) in [6.45, 7) is 4.82. The third-order valence-electron chi connectivity index (χ3n) is 4.35. The van der Waals surface area contributed by atoms with E-state index in [1.807, 2.05) is 18.7 Å². The Morgan fingerprint density at radius 1 is 1.38 bits per heavy atom. The molecule has 116 valence electrons. The highest BCUT2D eigenvalue weighted by atomic mass is 32.2. The minimum Gasteiger partial charge on any atom is -0.349 e. The van der Waals surface area contributed by atoms with Crippen LogP contribution in [0.3, 0.4) is 0 Å². The molecule has 1 aliphatic carbocycles. The number of nitrogens with one attached hydrogen (secondary N) is 1. The fraction of sp³-hybridized carbons (Fsp3) is 0.588. The molecule has 0 heterocycles. The van der Waals surface area contributed by atoms with Crippen LogP contribution in [0.2, 0.25) is 0 Å². The molecule has 1 aromatic rings. The number of hydrogen-bond acceptors (Lipinski definition) is 3. The van der Waals surface area contributed by atoms with E-state index in [-0.39, 0.29) is 17.9 Å². The highest BCUT2D eigenvalue weighted by Gasteiger charge is 2.32. The summed E-state index contributed by atoms with van der Waals surface area (Å²) in [5, 5.41) is 3.15. The van der Waals surface area contributed by atoms with Crippen molar-refractivity contribution in [1.29, 1.82) is 0 Å². The first kappa shape index (κ1) is 16.4. The summed E-state index contributed by atoms with van der Waals surface area (Å²) >= 11 is 1.83. The quantitative estimate of drug-likeness (QED) is 0.792. The van der Waals surface area contributed by atoms with Gasteiger partial charge in [0.15, 0.2) is 0 Å². The van der Waals surface area contributed by atoms with Crippen LogP contribution in [-0.2, 0) is 4.79 Å². The first-order valence-corrected chi connectivity index (χ1v) is 8.87. The van der Waals surface area contributed by atoms with E-state index in [1.165, 1.54) is 4.90 Å². The topological polar surface area (TPSA) is 55.1 Å². The SMILES string of the molecule is CCSc1ccc(C(C)NC(=O)[C@@H]2CCC[C@@H]2CN)cc1. The van der Waals surface area contributed by atoms with Gasteiger partial charge >= 0.3 is 0 Å². The second-order valence-corrected chi connectivity index (χ2v) is 7.10. The maximum atomic E-state index is 12.4. The van der Waals surface area contributed by atoms with Gasteiger partial charge in [-0.3, -0.25) is 4.79 Å². The van der Waals surface area contributed by atoms with Crippen molar-refractivity contribution in [2.45, 2.75) is 44.0 Å². The van der Waals surface area contributed by atoms with Crippen LogP contribution in [0, 0.1) is 11.8 Å². The molecule has 3 nitrogen and oxygen atoms in total. The van der Waals surface area contributed by atoms with Gasteiger partial charge in [-0.05, 0) is 55.7 Å². The number of carbonyl (C=O) groups is 1. The van der Waals surface area contributed by atoms with Crippen LogP contribution in [0.4, 0.5) is 0 Å². The van der Waals surface area contributed by atoms with Crippen molar-refractivity contribution in [2.24, 2.45) is 17.6 Å². The Morgan fingerprint density at radius 3 is 2.71 bits per heavy atom. The zero-order valence-corrected chi connectivity index (χ0v) is 13.8. The first-order chi connectivity index (χ1) is 10.2.